The summed E-state index contributed by atoms with van der Waals surface area (Å²) in [6.07, 6.45) is 3.08. The monoisotopic (exact) mass is 229 g/mol. The molecule has 0 aromatic heterocycles. The lowest BCUT2D eigenvalue weighted by molar-refractivity contribution is 1.16. The van der Waals surface area contributed by atoms with Crippen LogP contribution in [0.15, 0.2) is 48.5 Å². The van der Waals surface area contributed by atoms with Gasteiger partial charge in [0.1, 0.15) is 0 Å². The minimum Gasteiger partial charge on any atom is -0.0840 e. The van der Waals surface area contributed by atoms with E-state index in [0.29, 0.717) is 0 Å². The van der Waals surface area contributed by atoms with Crippen molar-refractivity contribution in [3.05, 3.63) is 76.7 Å². The van der Waals surface area contributed by atoms with Crippen molar-refractivity contribution in [2.24, 2.45) is 0 Å². The molecule has 0 unspecified atom stereocenters. The van der Waals surface area contributed by atoms with Gasteiger partial charge in [-0.2, -0.15) is 0 Å². The molecule has 16 heavy (non-hydrogen) atoms. The van der Waals surface area contributed by atoms with Crippen molar-refractivity contribution in [2.45, 2.75) is 13.3 Å². The van der Waals surface area contributed by atoms with Crippen LogP contribution in [-0.2, 0) is 6.42 Å². The van der Waals surface area contributed by atoms with E-state index in [0.717, 1.165) is 17.0 Å². The van der Waals surface area contributed by atoms with E-state index in [-0.39, 0.29) is 0 Å². The first-order valence-electron chi connectivity index (χ1n) is 5.39. The first kappa shape index (κ1) is 11.2. The smallest absolute Gasteiger partial charge is 0.0441 e. The van der Waals surface area contributed by atoms with Gasteiger partial charge in [-0.1, -0.05) is 59.6 Å². The molecule has 0 saturated heterocycles. The Hall–Kier alpha value is -1.27. The van der Waals surface area contributed by atoms with E-state index in [1.165, 1.54) is 11.1 Å². The van der Waals surface area contributed by atoms with Crippen molar-refractivity contribution in [2.75, 3.05) is 0 Å². The Morgan fingerprint density at radius 1 is 1.00 bits per heavy atom. The Kier molecular flexibility index (Phi) is 3.63. The predicted molar refractivity (Wildman–Crippen MR) is 69.7 cm³/mol. The average Bonchev–Trinajstić information content (AvgIpc) is 2.30. The zero-order valence-corrected chi connectivity index (χ0v) is 10.0. The van der Waals surface area contributed by atoms with Gasteiger partial charge in [0.25, 0.3) is 0 Å². The minimum absolute atomic E-state index is 0.814. The highest BCUT2D eigenvalue weighted by Crippen LogP contribution is 2.18. The summed E-state index contributed by atoms with van der Waals surface area (Å²) < 4.78 is 0. The van der Waals surface area contributed by atoms with Gasteiger partial charge in [-0.3, -0.25) is 0 Å². The fourth-order valence-electron chi connectivity index (χ4n) is 1.59. The third-order valence-electron chi connectivity index (χ3n) is 2.58. The molecule has 0 heterocycles. The van der Waals surface area contributed by atoms with Crippen molar-refractivity contribution in [1.29, 1.82) is 0 Å². The highest BCUT2D eigenvalue weighted by molar-refractivity contribution is 6.31. The van der Waals surface area contributed by atoms with E-state index in [2.05, 4.69) is 37.6 Å². The quantitative estimate of drug-likeness (QED) is 0.730. The molecule has 1 heteroatoms. The summed E-state index contributed by atoms with van der Waals surface area (Å²) in [6, 6.07) is 16.5. The Labute approximate surface area is 102 Å². The van der Waals surface area contributed by atoms with Gasteiger partial charge >= 0.3 is 0 Å². The maximum Gasteiger partial charge on any atom is 0.0441 e. The molecule has 0 aliphatic rings. The molecule has 0 nitrogen and oxygen atoms in total. The Balaban J connectivity index is 2.02. The van der Waals surface area contributed by atoms with Crippen LogP contribution in [0.2, 0.25) is 5.02 Å². The van der Waals surface area contributed by atoms with Crippen LogP contribution < -0.4 is 0 Å². The fourth-order valence-corrected chi connectivity index (χ4v) is 1.81. The van der Waals surface area contributed by atoms with Gasteiger partial charge in [0.15, 0.2) is 0 Å². The molecule has 0 atom stereocenters. The first-order valence-corrected chi connectivity index (χ1v) is 5.77. The molecule has 2 aromatic rings. The van der Waals surface area contributed by atoms with E-state index in [4.69, 9.17) is 11.6 Å². The summed E-state index contributed by atoms with van der Waals surface area (Å²) in [5.41, 5.74) is 3.71. The standard InChI is InChI=1S/C15H14Cl/c1-12-6-8-13(9-7-12)10-11-14-4-2-3-5-15(14)16/h2-9,11H,10H2,1H3. The SMILES string of the molecule is Cc1ccc(C[CH]c2ccccc2Cl)cc1. The molecule has 0 spiro atoms. The van der Waals surface area contributed by atoms with Crippen molar-refractivity contribution >= 4 is 11.6 Å². The van der Waals surface area contributed by atoms with E-state index in [9.17, 15) is 0 Å². The molecule has 0 aliphatic heterocycles. The fraction of sp³-hybridized carbons (Fsp3) is 0.133. The second-order valence-corrected chi connectivity index (χ2v) is 4.32. The number of halogens is 1. The Morgan fingerprint density at radius 3 is 2.38 bits per heavy atom. The maximum absolute atomic E-state index is 6.08. The lowest BCUT2D eigenvalue weighted by Crippen LogP contribution is -1.89. The maximum atomic E-state index is 6.08. The van der Waals surface area contributed by atoms with Crippen molar-refractivity contribution in [3.63, 3.8) is 0 Å². The molecule has 0 fully saturated rings. The van der Waals surface area contributed by atoms with Crippen molar-refractivity contribution < 1.29 is 0 Å². The van der Waals surface area contributed by atoms with Crippen LogP contribution >= 0.6 is 11.6 Å². The van der Waals surface area contributed by atoms with Crippen LogP contribution in [-0.4, -0.2) is 0 Å². The van der Waals surface area contributed by atoms with Crippen molar-refractivity contribution in [3.8, 4) is 0 Å². The second kappa shape index (κ2) is 5.18. The van der Waals surface area contributed by atoms with Crippen LogP contribution in [0.1, 0.15) is 16.7 Å². The molecule has 0 bridgehead atoms. The van der Waals surface area contributed by atoms with Crippen molar-refractivity contribution in [1.82, 2.24) is 0 Å². The van der Waals surface area contributed by atoms with E-state index < -0.39 is 0 Å². The van der Waals surface area contributed by atoms with Crippen LogP contribution in [0.5, 0.6) is 0 Å². The van der Waals surface area contributed by atoms with Gasteiger partial charge in [0.2, 0.25) is 0 Å². The summed E-state index contributed by atoms with van der Waals surface area (Å²) in [5, 5.41) is 0.814. The number of hydrogen-bond acceptors (Lipinski definition) is 0. The Morgan fingerprint density at radius 2 is 1.69 bits per heavy atom. The minimum atomic E-state index is 0.814. The summed E-state index contributed by atoms with van der Waals surface area (Å²) in [5.74, 6) is 0. The zero-order chi connectivity index (χ0) is 11.4. The topological polar surface area (TPSA) is 0 Å². The summed E-state index contributed by atoms with van der Waals surface area (Å²) in [7, 11) is 0. The van der Waals surface area contributed by atoms with Gasteiger partial charge in [-0.25, -0.2) is 0 Å². The lowest BCUT2D eigenvalue weighted by atomic mass is 10.0. The molecule has 0 N–H and O–H groups in total. The Bertz CT molecular complexity index is 457. The highest BCUT2D eigenvalue weighted by Gasteiger charge is 2.00. The molecule has 2 rings (SSSR count). The van der Waals surface area contributed by atoms with Crippen LogP contribution in [0.3, 0.4) is 0 Å². The summed E-state index contributed by atoms with van der Waals surface area (Å²) in [6.45, 7) is 2.10. The number of rotatable bonds is 3. The number of benzene rings is 2. The van der Waals surface area contributed by atoms with Gasteiger partial charge in [0.05, 0.1) is 0 Å². The molecule has 0 saturated carbocycles. The van der Waals surface area contributed by atoms with Crippen LogP contribution in [0.25, 0.3) is 0 Å². The van der Waals surface area contributed by atoms with Gasteiger partial charge in [-0.05, 0) is 37.0 Å². The molecule has 0 aliphatic carbocycles. The lowest BCUT2D eigenvalue weighted by Gasteiger charge is -2.04. The van der Waals surface area contributed by atoms with Crippen LogP contribution in [0.4, 0.5) is 0 Å². The highest BCUT2D eigenvalue weighted by atomic mass is 35.5. The number of hydrogen-bond donors (Lipinski definition) is 0. The predicted octanol–water partition coefficient (Wildman–Crippen LogP) is 4.44. The summed E-state index contributed by atoms with van der Waals surface area (Å²) >= 11 is 6.08. The van der Waals surface area contributed by atoms with Gasteiger partial charge in [-0.15, -0.1) is 0 Å². The third-order valence-corrected chi connectivity index (χ3v) is 2.93. The van der Waals surface area contributed by atoms with E-state index in [1.54, 1.807) is 0 Å². The molecular weight excluding hydrogens is 216 g/mol. The van der Waals surface area contributed by atoms with E-state index >= 15 is 0 Å². The molecule has 81 valence electrons. The average molecular weight is 230 g/mol. The molecular formula is C15H14Cl. The largest absolute Gasteiger partial charge is 0.0840 e. The van der Waals surface area contributed by atoms with Gasteiger partial charge < -0.3 is 0 Å². The molecule has 1 radical (unpaired) electrons. The normalized spacial score (nSPS) is 10.4. The van der Waals surface area contributed by atoms with E-state index in [1.807, 2.05) is 24.3 Å². The summed E-state index contributed by atoms with van der Waals surface area (Å²) in [4.78, 5) is 0. The molecule has 2 aromatic carbocycles. The number of aryl methyl sites for hydroxylation is 1. The third kappa shape index (κ3) is 2.86. The molecule has 0 amide bonds. The van der Waals surface area contributed by atoms with Gasteiger partial charge in [0, 0.05) is 5.02 Å². The zero-order valence-electron chi connectivity index (χ0n) is 9.28. The first-order chi connectivity index (χ1) is 7.75. The second-order valence-electron chi connectivity index (χ2n) is 3.92. The van der Waals surface area contributed by atoms with Crippen LogP contribution in [0, 0.1) is 13.3 Å².